The van der Waals surface area contributed by atoms with Gasteiger partial charge in [-0.05, 0) is 18.2 Å². The first-order valence-electron chi connectivity index (χ1n) is 6.15. The topological polar surface area (TPSA) is 42.1 Å². The molecule has 0 amide bonds. The molecule has 0 spiro atoms. The predicted octanol–water partition coefficient (Wildman–Crippen LogP) is 3.55. The van der Waals surface area contributed by atoms with Crippen LogP contribution in [-0.2, 0) is 0 Å². The van der Waals surface area contributed by atoms with E-state index >= 15 is 0 Å². The minimum atomic E-state index is -0.584. The average molecular weight is 269 g/mol. The second-order valence-electron chi connectivity index (χ2n) is 4.42. The first-order chi connectivity index (χ1) is 9.70. The van der Waals surface area contributed by atoms with Crippen molar-refractivity contribution in [1.29, 1.82) is 0 Å². The summed E-state index contributed by atoms with van der Waals surface area (Å²) in [6.45, 7) is 0. The van der Waals surface area contributed by atoms with Crippen LogP contribution in [0, 0.1) is 5.82 Å². The van der Waals surface area contributed by atoms with Gasteiger partial charge in [-0.2, -0.15) is 0 Å². The fraction of sp³-hybridized carbons (Fsp3) is 0.0625. The van der Waals surface area contributed by atoms with Gasteiger partial charge >= 0.3 is 0 Å². The molecule has 0 unspecified atom stereocenters. The molecule has 0 saturated heterocycles. The Labute approximate surface area is 115 Å². The molecule has 3 nitrogen and oxygen atoms in total. The van der Waals surface area contributed by atoms with Crippen LogP contribution in [0.1, 0.15) is 15.9 Å². The number of carbonyl (C=O) groups is 1. The third kappa shape index (κ3) is 1.95. The van der Waals surface area contributed by atoms with E-state index in [0.29, 0.717) is 11.3 Å². The van der Waals surface area contributed by atoms with Crippen molar-refractivity contribution in [2.45, 2.75) is 0 Å². The predicted molar refractivity (Wildman–Crippen MR) is 74.7 cm³/mol. The highest BCUT2D eigenvalue weighted by molar-refractivity contribution is 6.16. The highest BCUT2D eigenvalue weighted by Gasteiger charge is 2.17. The molecular weight excluding hydrogens is 257 g/mol. The molecule has 0 bridgehead atoms. The number of methoxy groups -OCH3 is 1. The lowest BCUT2D eigenvalue weighted by Crippen LogP contribution is -2.03. The Balaban J connectivity index is 2.09. The molecule has 20 heavy (non-hydrogen) atoms. The van der Waals surface area contributed by atoms with Crippen molar-refractivity contribution in [3.63, 3.8) is 0 Å². The number of carbonyl (C=O) groups excluding carboxylic acids is 1. The molecule has 100 valence electrons. The van der Waals surface area contributed by atoms with E-state index in [4.69, 9.17) is 4.74 Å². The lowest BCUT2D eigenvalue weighted by molar-refractivity contribution is 0.103. The van der Waals surface area contributed by atoms with E-state index in [1.54, 1.807) is 12.3 Å². The molecule has 0 fully saturated rings. The molecule has 1 aromatic heterocycles. The number of H-pyrrole nitrogens is 1. The van der Waals surface area contributed by atoms with Crippen LogP contribution < -0.4 is 4.74 Å². The van der Waals surface area contributed by atoms with Crippen LogP contribution in [0.15, 0.2) is 48.7 Å². The number of halogens is 1. The molecule has 1 N–H and O–H groups in total. The second kappa shape index (κ2) is 4.81. The summed E-state index contributed by atoms with van der Waals surface area (Å²) in [4.78, 5) is 15.5. The highest BCUT2D eigenvalue weighted by atomic mass is 19.1. The zero-order chi connectivity index (χ0) is 14.1. The third-order valence-corrected chi connectivity index (χ3v) is 3.25. The number of fused-ring (bicyclic) bond motifs is 1. The van der Waals surface area contributed by atoms with Crippen molar-refractivity contribution < 1.29 is 13.9 Å². The normalized spacial score (nSPS) is 10.7. The van der Waals surface area contributed by atoms with Gasteiger partial charge in [-0.3, -0.25) is 4.79 Å². The maximum Gasteiger partial charge on any atom is 0.198 e. The molecule has 0 atom stereocenters. The maximum atomic E-state index is 14.0. The van der Waals surface area contributed by atoms with Crippen molar-refractivity contribution in [3.05, 3.63) is 65.6 Å². The SMILES string of the molecule is COc1ccc(C(=O)c2c[nH]c3ccccc23)c(F)c1. The maximum absolute atomic E-state index is 14.0. The summed E-state index contributed by atoms with van der Waals surface area (Å²) in [5.41, 5.74) is 1.35. The van der Waals surface area contributed by atoms with Gasteiger partial charge in [-0.1, -0.05) is 18.2 Å². The van der Waals surface area contributed by atoms with Gasteiger partial charge in [0.05, 0.1) is 12.7 Å². The Bertz CT molecular complexity index is 792. The molecule has 0 aliphatic heterocycles. The molecule has 0 radical (unpaired) electrons. The molecule has 3 aromatic rings. The number of nitrogens with one attached hydrogen (secondary N) is 1. The lowest BCUT2D eigenvalue weighted by atomic mass is 10.0. The summed E-state index contributed by atoms with van der Waals surface area (Å²) >= 11 is 0. The number of aromatic amines is 1. The average Bonchev–Trinajstić information content (AvgIpc) is 2.90. The lowest BCUT2D eigenvalue weighted by Gasteiger charge is -2.04. The first kappa shape index (κ1) is 12.4. The standard InChI is InChI=1S/C16H12FNO2/c1-20-10-6-7-12(14(17)8-10)16(19)13-9-18-15-5-3-2-4-11(13)15/h2-9,18H,1H3. The van der Waals surface area contributed by atoms with Crippen molar-refractivity contribution in [2.24, 2.45) is 0 Å². The van der Waals surface area contributed by atoms with Gasteiger partial charge < -0.3 is 9.72 Å². The van der Waals surface area contributed by atoms with Crippen LogP contribution in [0.4, 0.5) is 4.39 Å². The van der Waals surface area contributed by atoms with Crippen molar-refractivity contribution in [2.75, 3.05) is 7.11 Å². The molecule has 0 aliphatic rings. The molecule has 0 aliphatic carbocycles. The van der Waals surface area contributed by atoms with Crippen molar-refractivity contribution in [1.82, 2.24) is 4.98 Å². The van der Waals surface area contributed by atoms with E-state index in [9.17, 15) is 9.18 Å². The van der Waals surface area contributed by atoms with E-state index < -0.39 is 5.82 Å². The summed E-state index contributed by atoms with van der Waals surface area (Å²) in [6, 6.07) is 11.7. The van der Waals surface area contributed by atoms with E-state index in [0.717, 1.165) is 10.9 Å². The first-order valence-corrected chi connectivity index (χ1v) is 6.15. The number of benzene rings is 2. The van der Waals surface area contributed by atoms with Gasteiger partial charge in [0, 0.05) is 28.7 Å². The van der Waals surface area contributed by atoms with Crippen molar-refractivity contribution in [3.8, 4) is 5.75 Å². The van der Waals surface area contributed by atoms with Gasteiger partial charge in [-0.25, -0.2) is 4.39 Å². The molecular formula is C16H12FNO2. The monoisotopic (exact) mass is 269 g/mol. The zero-order valence-corrected chi connectivity index (χ0v) is 10.8. The largest absolute Gasteiger partial charge is 0.497 e. The summed E-state index contributed by atoms with van der Waals surface area (Å²) in [5, 5.41) is 0.785. The van der Waals surface area contributed by atoms with Crippen LogP contribution >= 0.6 is 0 Å². The number of aromatic nitrogens is 1. The summed E-state index contributed by atoms with van der Waals surface area (Å²) in [6.07, 6.45) is 1.61. The minimum absolute atomic E-state index is 0.0375. The van der Waals surface area contributed by atoms with Gasteiger partial charge in [0.15, 0.2) is 5.78 Å². The van der Waals surface area contributed by atoms with Gasteiger partial charge in [0.25, 0.3) is 0 Å². The van der Waals surface area contributed by atoms with Crippen LogP contribution in [-0.4, -0.2) is 17.9 Å². The number of ketones is 1. The Morgan fingerprint density at radius 2 is 1.95 bits per heavy atom. The van der Waals surface area contributed by atoms with Crippen molar-refractivity contribution >= 4 is 16.7 Å². The van der Waals surface area contributed by atoms with Gasteiger partial charge in [0.1, 0.15) is 11.6 Å². The third-order valence-electron chi connectivity index (χ3n) is 3.25. The smallest absolute Gasteiger partial charge is 0.198 e. The van der Waals surface area contributed by atoms with Crippen LogP contribution in [0.2, 0.25) is 0 Å². The summed E-state index contributed by atoms with van der Waals surface area (Å²) in [7, 11) is 1.45. The van der Waals surface area contributed by atoms with Gasteiger partial charge in [0.2, 0.25) is 0 Å². The van der Waals surface area contributed by atoms with E-state index in [2.05, 4.69) is 4.98 Å². The number of para-hydroxylation sites is 1. The Morgan fingerprint density at radius 1 is 1.15 bits per heavy atom. The molecule has 4 heteroatoms. The number of rotatable bonds is 3. The number of ether oxygens (including phenoxy) is 1. The summed E-state index contributed by atoms with van der Waals surface area (Å²) in [5.74, 6) is -0.541. The number of hydrogen-bond donors (Lipinski definition) is 1. The van der Waals surface area contributed by atoms with Crippen LogP contribution in [0.25, 0.3) is 10.9 Å². The fourth-order valence-corrected chi connectivity index (χ4v) is 2.21. The fourth-order valence-electron chi connectivity index (χ4n) is 2.21. The Hall–Kier alpha value is -2.62. The molecule has 1 heterocycles. The van der Waals surface area contributed by atoms with Crippen LogP contribution in [0.3, 0.4) is 0 Å². The minimum Gasteiger partial charge on any atom is -0.497 e. The van der Waals surface area contributed by atoms with E-state index in [-0.39, 0.29) is 11.3 Å². The molecule has 2 aromatic carbocycles. The summed E-state index contributed by atoms with van der Waals surface area (Å²) < 4.78 is 18.9. The van der Waals surface area contributed by atoms with Gasteiger partial charge in [-0.15, -0.1) is 0 Å². The quantitative estimate of drug-likeness (QED) is 0.739. The van der Waals surface area contributed by atoms with Crippen LogP contribution in [0.5, 0.6) is 5.75 Å². The zero-order valence-electron chi connectivity index (χ0n) is 10.8. The number of hydrogen-bond acceptors (Lipinski definition) is 2. The second-order valence-corrected chi connectivity index (χ2v) is 4.42. The Morgan fingerprint density at radius 3 is 2.70 bits per heavy atom. The molecule has 0 saturated carbocycles. The van der Waals surface area contributed by atoms with E-state index in [1.807, 2.05) is 24.3 Å². The van der Waals surface area contributed by atoms with E-state index in [1.165, 1.54) is 19.2 Å². The molecule has 3 rings (SSSR count). The highest BCUT2D eigenvalue weighted by Crippen LogP contribution is 2.24. The Kier molecular flexibility index (Phi) is 2.99.